The number of Topliss-reactive ketones (excluding diaryl/α,β-unsaturated/α-hetero) is 1. The van der Waals surface area contributed by atoms with E-state index in [1.54, 1.807) is 0 Å². The number of imidazole rings is 1. The maximum absolute atomic E-state index is 12.1. The summed E-state index contributed by atoms with van der Waals surface area (Å²) in [5.41, 5.74) is 0.785. The number of nitrogens with zero attached hydrogens (tertiary/aromatic N) is 2. The van der Waals surface area contributed by atoms with Crippen molar-refractivity contribution in [3.05, 3.63) is 52.5 Å². The van der Waals surface area contributed by atoms with Crippen LogP contribution in [-0.4, -0.2) is 15.3 Å². The van der Waals surface area contributed by atoms with E-state index >= 15 is 0 Å². The third-order valence-corrected chi connectivity index (χ3v) is 3.77. The molecule has 0 fully saturated rings. The molecule has 0 saturated heterocycles. The smallest absolute Gasteiger partial charge is 0.162 e. The molecule has 0 aliphatic rings. The first-order valence-corrected chi connectivity index (χ1v) is 7.78. The molecule has 0 unspecified atom stereocenters. The number of hydrogen-bond acceptors (Lipinski definition) is 2. The normalized spacial score (nSPS) is 10.7. The molecule has 1 aromatic heterocycles. The first kappa shape index (κ1) is 15.0. The maximum Gasteiger partial charge on any atom is 0.162 e. The Morgan fingerprint density at radius 1 is 1.30 bits per heavy atom. The van der Waals surface area contributed by atoms with Crippen LogP contribution in [-0.2, 0) is 13.0 Å². The highest BCUT2D eigenvalue weighted by molar-refractivity contribution is 9.10. The summed E-state index contributed by atoms with van der Waals surface area (Å²) < 4.78 is 3.15. The van der Waals surface area contributed by atoms with Crippen LogP contribution in [0.3, 0.4) is 0 Å². The van der Waals surface area contributed by atoms with Gasteiger partial charge in [0.15, 0.2) is 5.78 Å². The Labute approximate surface area is 128 Å². The Balaban J connectivity index is 1.84. The molecule has 0 amide bonds. The van der Waals surface area contributed by atoms with E-state index in [0.29, 0.717) is 6.42 Å². The lowest BCUT2D eigenvalue weighted by atomic mass is 10.1. The van der Waals surface area contributed by atoms with Crippen molar-refractivity contribution in [3.8, 4) is 0 Å². The molecule has 4 heteroatoms. The van der Waals surface area contributed by atoms with Crippen molar-refractivity contribution in [1.29, 1.82) is 0 Å². The van der Waals surface area contributed by atoms with Gasteiger partial charge in [0.05, 0.1) is 0 Å². The summed E-state index contributed by atoms with van der Waals surface area (Å²) in [6, 6.07) is 7.54. The minimum absolute atomic E-state index is 0.203. The van der Waals surface area contributed by atoms with Gasteiger partial charge in [-0.3, -0.25) is 4.79 Å². The van der Waals surface area contributed by atoms with Crippen LogP contribution in [0.1, 0.15) is 42.4 Å². The van der Waals surface area contributed by atoms with Crippen LogP contribution in [0.25, 0.3) is 0 Å². The lowest BCUT2D eigenvalue weighted by Crippen LogP contribution is -2.06. The number of halogens is 1. The Bertz CT molecular complexity index is 560. The zero-order valence-corrected chi connectivity index (χ0v) is 13.3. The summed E-state index contributed by atoms with van der Waals surface area (Å²) in [6.07, 6.45) is 7.34. The highest BCUT2D eigenvalue weighted by atomic mass is 79.9. The van der Waals surface area contributed by atoms with Gasteiger partial charge in [-0.1, -0.05) is 35.0 Å². The quantitative estimate of drug-likeness (QED) is 0.709. The van der Waals surface area contributed by atoms with Gasteiger partial charge < -0.3 is 4.57 Å². The Hall–Kier alpha value is -1.42. The number of rotatable bonds is 7. The molecule has 20 heavy (non-hydrogen) atoms. The van der Waals surface area contributed by atoms with Crippen molar-refractivity contribution in [2.75, 3.05) is 0 Å². The molecule has 0 aliphatic carbocycles. The number of aromatic nitrogens is 2. The van der Waals surface area contributed by atoms with E-state index in [0.717, 1.165) is 41.7 Å². The van der Waals surface area contributed by atoms with Crippen molar-refractivity contribution in [3.63, 3.8) is 0 Å². The molecule has 0 spiro atoms. The lowest BCUT2D eigenvalue weighted by molar-refractivity contribution is 0.0978. The number of hydrogen-bond donors (Lipinski definition) is 0. The summed E-state index contributed by atoms with van der Waals surface area (Å²) in [7, 11) is 0. The van der Waals surface area contributed by atoms with Crippen LogP contribution in [0.15, 0.2) is 41.1 Å². The van der Waals surface area contributed by atoms with Crippen LogP contribution in [0, 0.1) is 0 Å². The van der Waals surface area contributed by atoms with E-state index in [-0.39, 0.29) is 5.78 Å². The number of carbonyl (C=O) groups is 1. The predicted molar refractivity (Wildman–Crippen MR) is 83.9 cm³/mol. The Morgan fingerprint density at radius 2 is 2.05 bits per heavy atom. The van der Waals surface area contributed by atoms with Gasteiger partial charge in [-0.05, 0) is 25.0 Å². The van der Waals surface area contributed by atoms with Crippen LogP contribution >= 0.6 is 15.9 Å². The first-order chi connectivity index (χ1) is 9.70. The molecule has 0 N–H and O–H groups in total. The SMILES string of the molecule is CCCc1nccn1CCCC(=O)c1ccc(Br)cc1. The lowest BCUT2D eigenvalue weighted by Gasteiger charge is -2.07. The van der Waals surface area contributed by atoms with E-state index in [9.17, 15) is 4.79 Å². The molecule has 0 saturated carbocycles. The number of ketones is 1. The van der Waals surface area contributed by atoms with Gasteiger partial charge in [-0.15, -0.1) is 0 Å². The van der Waals surface area contributed by atoms with Crippen LogP contribution in [0.2, 0.25) is 0 Å². The molecule has 0 radical (unpaired) electrons. The summed E-state index contributed by atoms with van der Waals surface area (Å²) in [5, 5.41) is 0. The van der Waals surface area contributed by atoms with Crippen molar-refractivity contribution in [2.45, 2.75) is 39.2 Å². The largest absolute Gasteiger partial charge is 0.335 e. The molecule has 1 heterocycles. The van der Waals surface area contributed by atoms with Crippen LogP contribution < -0.4 is 0 Å². The molecule has 2 rings (SSSR count). The van der Waals surface area contributed by atoms with E-state index in [1.165, 1.54) is 0 Å². The van der Waals surface area contributed by atoms with E-state index < -0.39 is 0 Å². The molecular formula is C16H19BrN2O. The van der Waals surface area contributed by atoms with E-state index in [4.69, 9.17) is 0 Å². The van der Waals surface area contributed by atoms with Gasteiger partial charge in [0, 0.05) is 41.8 Å². The van der Waals surface area contributed by atoms with Gasteiger partial charge in [0.25, 0.3) is 0 Å². The fourth-order valence-corrected chi connectivity index (χ4v) is 2.45. The van der Waals surface area contributed by atoms with Gasteiger partial charge in [-0.2, -0.15) is 0 Å². The van der Waals surface area contributed by atoms with Gasteiger partial charge in [0.1, 0.15) is 5.82 Å². The van der Waals surface area contributed by atoms with Gasteiger partial charge in [0.2, 0.25) is 0 Å². The summed E-state index contributed by atoms with van der Waals surface area (Å²) in [4.78, 5) is 16.4. The van der Waals surface area contributed by atoms with E-state index in [1.807, 2.05) is 36.7 Å². The van der Waals surface area contributed by atoms with Crippen molar-refractivity contribution >= 4 is 21.7 Å². The maximum atomic E-state index is 12.1. The molecule has 0 atom stereocenters. The highest BCUT2D eigenvalue weighted by Crippen LogP contribution is 2.13. The predicted octanol–water partition coefficient (Wildman–Crippen LogP) is 4.26. The number of aryl methyl sites for hydroxylation is 2. The Kier molecular flexibility index (Phi) is 5.53. The van der Waals surface area contributed by atoms with Crippen LogP contribution in [0.5, 0.6) is 0 Å². The zero-order valence-electron chi connectivity index (χ0n) is 11.7. The Morgan fingerprint density at radius 3 is 2.75 bits per heavy atom. The van der Waals surface area contributed by atoms with Crippen molar-refractivity contribution < 1.29 is 4.79 Å². The second-order valence-corrected chi connectivity index (χ2v) is 5.74. The second kappa shape index (κ2) is 7.39. The molecule has 1 aromatic carbocycles. The molecule has 0 bridgehead atoms. The van der Waals surface area contributed by atoms with Gasteiger partial charge in [-0.25, -0.2) is 4.98 Å². The fraction of sp³-hybridized carbons (Fsp3) is 0.375. The molecular weight excluding hydrogens is 316 g/mol. The molecule has 0 aliphatic heterocycles. The average molecular weight is 335 g/mol. The minimum Gasteiger partial charge on any atom is -0.335 e. The third-order valence-electron chi connectivity index (χ3n) is 3.24. The second-order valence-electron chi connectivity index (χ2n) is 4.82. The molecule has 3 nitrogen and oxygen atoms in total. The monoisotopic (exact) mass is 334 g/mol. The zero-order chi connectivity index (χ0) is 14.4. The minimum atomic E-state index is 0.203. The summed E-state index contributed by atoms with van der Waals surface area (Å²) in [6.45, 7) is 3.01. The van der Waals surface area contributed by atoms with Crippen molar-refractivity contribution in [2.24, 2.45) is 0 Å². The van der Waals surface area contributed by atoms with Gasteiger partial charge >= 0.3 is 0 Å². The number of benzene rings is 1. The average Bonchev–Trinajstić information content (AvgIpc) is 2.87. The molecule has 106 valence electrons. The number of carbonyl (C=O) groups excluding carboxylic acids is 1. The van der Waals surface area contributed by atoms with E-state index in [2.05, 4.69) is 32.4 Å². The third kappa shape index (κ3) is 4.04. The first-order valence-electron chi connectivity index (χ1n) is 6.99. The molecule has 2 aromatic rings. The van der Waals surface area contributed by atoms with Crippen LogP contribution in [0.4, 0.5) is 0 Å². The summed E-state index contributed by atoms with van der Waals surface area (Å²) in [5.74, 6) is 1.32. The fourth-order valence-electron chi connectivity index (χ4n) is 2.19. The topological polar surface area (TPSA) is 34.9 Å². The standard InChI is InChI=1S/C16H19BrN2O/c1-2-4-16-18-10-12-19(16)11-3-5-15(20)13-6-8-14(17)9-7-13/h6-10,12H,2-5,11H2,1H3. The summed E-state index contributed by atoms with van der Waals surface area (Å²) >= 11 is 3.37. The van der Waals surface area contributed by atoms with Crippen molar-refractivity contribution in [1.82, 2.24) is 9.55 Å². The highest BCUT2D eigenvalue weighted by Gasteiger charge is 2.07.